The highest BCUT2D eigenvalue weighted by molar-refractivity contribution is 6.04. The van der Waals surface area contributed by atoms with Gasteiger partial charge in [0.15, 0.2) is 0 Å². The van der Waals surface area contributed by atoms with Gasteiger partial charge in [0.1, 0.15) is 23.1 Å². The minimum absolute atomic E-state index is 0.181. The molecular formula is C20H16FN3O3. The van der Waals surface area contributed by atoms with E-state index in [4.69, 9.17) is 4.74 Å². The van der Waals surface area contributed by atoms with E-state index in [9.17, 15) is 14.0 Å². The van der Waals surface area contributed by atoms with E-state index in [0.29, 0.717) is 28.6 Å². The first-order valence-electron chi connectivity index (χ1n) is 8.08. The second-order valence-corrected chi connectivity index (χ2v) is 5.65. The number of ether oxygens (including phenoxy) is 1. The van der Waals surface area contributed by atoms with Gasteiger partial charge in [0.25, 0.3) is 5.91 Å². The Morgan fingerprint density at radius 3 is 2.15 bits per heavy atom. The fourth-order valence-corrected chi connectivity index (χ4v) is 2.25. The topological polar surface area (TPSA) is 80.3 Å². The quantitative estimate of drug-likeness (QED) is 0.709. The number of hydrogen-bond donors (Lipinski definition) is 2. The van der Waals surface area contributed by atoms with Gasteiger partial charge in [0.05, 0.1) is 6.20 Å². The largest absolute Gasteiger partial charge is 0.456 e. The van der Waals surface area contributed by atoms with Crippen molar-refractivity contribution in [3.8, 4) is 11.5 Å². The predicted octanol–water partition coefficient (Wildman–Crippen LogP) is 4.22. The lowest BCUT2D eigenvalue weighted by Gasteiger charge is -2.08. The summed E-state index contributed by atoms with van der Waals surface area (Å²) in [5, 5.41) is 5.31. The summed E-state index contributed by atoms with van der Waals surface area (Å²) < 4.78 is 18.4. The number of nitrogens with one attached hydrogen (secondary N) is 2. The molecule has 6 nitrogen and oxygen atoms in total. The highest BCUT2D eigenvalue weighted by Crippen LogP contribution is 2.22. The summed E-state index contributed by atoms with van der Waals surface area (Å²) in [5.41, 5.74) is 1.04. The van der Waals surface area contributed by atoms with Crippen molar-refractivity contribution in [1.29, 1.82) is 0 Å². The van der Waals surface area contributed by atoms with Crippen LogP contribution in [0.5, 0.6) is 11.5 Å². The predicted molar refractivity (Wildman–Crippen MR) is 99.4 cm³/mol. The molecule has 0 atom stereocenters. The molecule has 0 radical (unpaired) electrons. The van der Waals surface area contributed by atoms with E-state index in [1.807, 2.05) is 0 Å². The molecule has 0 saturated carbocycles. The van der Waals surface area contributed by atoms with E-state index in [1.54, 1.807) is 36.4 Å². The fourth-order valence-electron chi connectivity index (χ4n) is 2.25. The second kappa shape index (κ2) is 8.09. The number of nitrogens with zero attached hydrogens (tertiary/aromatic N) is 1. The molecule has 1 heterocycles. The first kappa shape index (κ1) is 18.1. The van der Waals surface area contributed by atoms with Crippen LogP contribution in [-0.2, 0) is 4.79 Å². The van der Waals surface area contributed by atoms with E-state index < -0.39 is 0 Å². The zero-order valence-electron chi connectivity index (χ0n) is 14.4. The molecule has 0 spiro atoms. The molecular weight excluding hydrogens is 349 g/mol. The minimum atomic E-state index is -0.344. The molecule has 3 rings (SSSR count). The van der Waals surface area contributed by atoms with Crippen LogP contribution >= 0.6 is 0 Å². The zero-order chi connectivity index (χ0) is 19.2. The summed E-state index contributed by atoms with van der Waals surface area (Å²) in [7, 11) is 0. The van der Waals surface area contributed by atoms with Gasteiger partial charge in [-0.2, -0.15) is 0 Å². The van der Waals surface area contributed by atoms with Crippen molar-refractivity contribution >= 4 is 23.3 Å². The number of pyridine rings is 1. The average Bonchev–Trinajstić information content (AvgIpc) is 2.65. The molecule has 1 aromatic heterocycles. The van der Waals surface area contributed by atoms with Gasteiger partial charge in [-0.3, -0.25) is 9.59 Å². The first-order chi connectivity index (χ1) is 13.0. The van der Waals surface area contributed by atoms with Crippen LogP contribution in [0.1, 0.15) is 17.3 Å². The molecule has 3 aromatic rings. The number of benzene rings is 2. The van der Waals surface area contributed by atoms with Crippen LogP contribution in [0.3, 0.4) is 0 Å². The highest BCUT2D eigenvalue weighted by atomic mass is 19.1. The van der Waals surface area contributed by atoms with Gasteiger partial charge >= 0.3 is 0 Å². The number of amides is 2. The van der Waals surface area contributed by atoms with Crippen LogP contribution in [0.2, 0.25) is 0 Å². The monoisotopic (exact) mass is 365 g/mol. The Morgan fingerprint density at radius 1 is 0.889 bits per heavy atom. The Bertz CT molecular complexity index is 940. The number of rotatable bonds is 5. The standard InChI is InChI=1S/C20H16FN3O3/c1-13(25)23-16-6-2-14(3-7-16)20(26)24-19-11-10-18(12-22-19)27-17-8-4-15(21)5-9-17/h2-12H,1H3,(H,23,25)(H,22,24,26). The maximum Gasteiger partial charge on any atom is 0.256 e. The number of halogens is 1. The molecule has 2 aromatic carbocycles. The summed E-state index contributed by atoms with van der Waals surface area (Å²) >= 11 is 0. The molecule has 0 aliphatic carbocycles. The molecule has 0 aliphatic rings. The molecule has 0 saturated heterocycles. The summed E-state index contributed by atoms with van der Waals surface area (Å²) in [4.78, 5) is 27.4. The van der Waals surface area contributed by atoms with Crippen molar-refractivity contribution in [1.82, 2.24) is 4.98 Å². The van der Waals surface area contributed by atoms with E-state index in [1.165, 1.54) is 37.4 Å². The van der Waals surface area contributed by atoms with E-state index in [2.05, 4.69) is 15.6 Å². The third kappa shape index (κ3) is 5.12. The van der Waals surface area contributed by atoms with Crippen molar-refractivity contribution in [3.05, 3.63) is 78.2 Å². The summed E-state index contributed by atoms with van der Waals surface area (Å²) in [6.07, 6.45) is 1.46. The Kier molecular flexibility index (Phi) is 5.41. The molecule has 2 N–H and O–H groups in total. The molecule has 136 valence electrons. The van der Waals surface area contributed by atoms with Crippen LogP contribution in [0.25, 0.3) is 0 Å². The van der Waals surface area contributed by atoms with E-state index >= 15 is 0 Å². The smallest absolute Gasteiger partial charge is 0.256 e. The van der Waals surface area contributed by atoms with Gasteiger partial charge in [-0.1, -0.05) is 0 Å². The second-order valence-electron chi connectivity index (χ2n) is 5.65. The number of aromatic nitrogens is 1. The molecule has 0 bridgehead atoms. The number of carbonyl (C=O) groups excluding carboxylic acids is 2. The van der Waals surface area contributed by atoms with Crippen molar-refractivity contribution in [3.63, 3.8) is 0 Å². The zero-order valence-corrected chi connectivity index (χ0v) is 14.4. The van der Waals surface area contributed by atoms with Crippen molar-refractivity contribution in [2.75, 3.05) is 10.6 Å². The van der Waals surface area contributed by atoms with Gasteiger partial charge in [-0.25, -0.2) is 9.37 Å². The Hall–Kier alpha value is -3.74. The number of anilines is 2. The Balaban J connectivity index is 1.61. The van der Waals surface area contributed by atoms with Gasteiger partial charge in [-0.05, 0) is 60.7 Å². The molecule has 0 fully saturated rings. The van der Waals surface area contributed by atoms with Crippen LogP contribution in [0.15, 0.2) is 66.9 Å². The first-order valence-corrected chi connectivity index (χ1v) is 8.08. The molecule has 7 heteroatoms. The normalized spacial score (nSPS) is 10.1. The van der Waals surface area contributed by atoms with Crippen LogP contribution in [0.4, 0.5) is 15.9 Å². The average molecular weight is 365 g/mol. The minimum Gasteiger partial charge on any atom is -0.456 e. The third-order valence-electron chi connectivity index (χ3n) is 3.49. The molecule has 27 heavy (non-hydrogen) atoms. The van der Waals surface area contributed by atoms with Crippen LogP contribution < -0.4 is 15.4 Å². The third-order valence-corrected chi connectivity index (χ3v) is 3.49. The summed E-state index contributed by atoms with van der Waals surface area (Å²) in [6.45, 7) is 1.41. The Morgan fingerprint density at radius 2 is 1.56 bits per heavy atom. The summed E-state index contributed by atoms with van der Waals surface area (Å²) in [6, 6.07) is 15.4. The van der Waals surface area contributed by atoms with E-state index in [-0.39, 0.29) is 17.6 Å². The SMILES string of the molecule is CC(=O)Nc1ccc(C(=O)Nc2ccc(Oc3ccc(F)cc3)cn2)cc1. The van der Waals surface area contributed by atoms with Gasteiger partial charge in [0, 0.05) is 18.2 Å². The maximum atomic E-state index is 12.9. The van der Waals surface area contributed by atoms with Gasteiger partial charge in [0.2, 0.25) is 5.91 Å². The highest BCUT2D eigenvalue weighted by Gasteiger charge is 2.08. The Labute approximate surface area is 155 Å². The number of hydrogen-bond acceptors (Lipinski definition) is 4. The maximum absolute atomic E-state index is 12.9. The van der Waals surface area contributed by atoms with Crippen LogP contribution in [0, 0.1) is 5.82 Å². The van der Waals surface area contributed by atoms with Crippen molar-refractivity contribution in [2.45, 2.75) is 6.92 Å². The lowest BCUT2D eigenvalue weighted by atomic mass is 10.2. The number of carbonyl (C=O) groups is 2. The molecule has 0 unspecified atom stereocenters. The van der Waals surface area contributed by atoms with Crippen molar-refractivity contribution in [2.24, 2.45) is 0 Å². The van der Waals surface area contributed by atoms with Crippen molar-refractivity contribution < 1.29 is 18.7 Å². The lowest BCUT2D eigenvalue weighted by Crippen LogP contribution is -2.13. The summed E-state index contributed by atoms with van der Waals surface area (Å²) in [5.74, 6) is 0.443. The van der Waals surface area contributed by atoms with E-state index in [0.717, 1.165) is 0 Å². The molecule has 0 aliphatic heterocycles. The van der Waals surface area contributed by atoms with Crippen LogP contribution in [-0.4, -0.2) is 16.8 Å². The lowest BCUT2D eigenvalue weighted by molar-refractivity contribution is -0.114. The van der Waals surface area contributed by atoms with Gasteiger partial charge in [-0.15, -0.1) is 0 Å². The van der Waals surface area contributed by atoms with Gasteiger partial charge < -0.3 is 15.4 Å². The fraction of sp³-hybridized carbons (Fsp3) is 0.0500. The molecule has 2 amide bonds.